The second-order valence-electron chi connectivity index (χ2n) is 3.84. The van der Waals surface area contributed by atoms with Gasteiger partial charge in [0.15, 0.2) is 0 Å². The number of rotatable bonds is 5. The number of hydrogen-bond donors (Lipinski definition) is 2. The Morgan fingerprint density at radius 1 is 1.05 bits per heavy atom. The summed E-state index contributed by atoms with van der Waals surface area (Å²) < 4.78 is 27.4. The summed E-state index contributed by atoms with van der Waals surface area (Å²) in [6, 6.07) is 1.76. The lowest BCUT2D eigenvalue weighted by atomic mass is 10.1. The molecule has 0 heterocycles. The zero-order chi connectivity index (χ0) is 15.4. The highest BCUT2D eigenvalue weighted by Gasteiger charge is 2.25. The van der Waals surface area contributed by atoms with E-state index in [4.69, 9.17) is 11.5 Å². The Bertz CT molecular complexity index is 541. The van der Waals surface area contributed by atoms with Crippen molar-refractivity contribution in [3.8, 4) is 0 Å². The van der Waals surface area contributed by atoms with Crippen molar-refractivity contribution in [2.75, 3.05) is 13.1 Å². The standard InChI is InChI=1S/C11H10BrF2N3O3/c12-5-1-6(13)10(7(14)2-5)11(20)17(3-8(15)18)4-9(16)19/h1-2H,3-4H2,(H2,15,18)(H2,16,19). The molecule has 4 N–H and O–H groups in total. The molecule has 0 radical (unpaired) electrons. The summed E-state index contributed by atoms with van der Waals surface area (Å²) in [5, 5.41) is 0. The van der Waals surface area contributed by atoms with E-state index in [1.807, 2.05) is 0 Å². The molecular formula is C11H10BrF2N3O3. The SMILES string of the molecule is NC(=O)CN(CC(N)=O)C(=O)c1c(F)cc(Br)cc1F. The molecule has 1 aromatic carbocycles. The van der Waals surface area contributed by atoms with Crippen LogP contribution >= 0.6 is 15.9 Å². The summed E-state index contributed by atoms with van der Waals surface area (Å²) in [4.78, 5) is 34.2. The molecule has 0 fully saturated rings. The number of primary amides is 2. The van der Waals surface area contributed by atoms with Gasteiger partial charge in [0, 0.05) is 4.47 Å². The number of amides is 3. The van der Waals surface area contributed by atoms with Crippen LogP contribution in [0, 0.1) is 11.6 Å². The molecule has 0 saturated heterocycles. The Morgan fingerprint density at radius 3 is 1.80 bits per heavy atom. The zero-order valence-corrected chi connectivity index (χ0v) is 11.6. The highest BCUT2D eigenvalue weighted by atomic mass is 79.9. The highest BCUT2D eigenvalue weighted by Crippen LogP contribution is 2.20. The van der Waals surface area contributed by atoms with Crippen LogP contribution in [0.3, 0.4) is 0 Å². The van der Waals surface area contributed by atoms with Gasteiger partial charge in [0.2, 0.25) is 11.8 Å². The smallest absolute Gasteiger partial charge is 0.260 e. The van der Waals surface area contributed by atoms with Crippen LogP contribution in [0.4, 0.5) is 8.78 Å². The minimum absolute atomic E-state index is 0.0976. The monoisotopic (exact) mass is 349 g/mol. The van der Waals surface area contributed by atoms with Gasteiger partial charge in [-0.1, -0.05) is 15.9 Å². The lowest BCUT2D eigenvalue weighted by molar-refractivity contribution is -0.121. The second-order valence-corrected chi connectivity index (χ2v) is 4.75. The van der Waals surface area contributed by atoms with E-state index in [9.17, 15) is 23.2 Å². The van der Waals surface area contributed by atoms with Crippen LogP contribution < -0.4 is 11.5 Å². The molecule has 0 spiro atoms. The van der Waals surface area contributed by atoms with E-state index >= 15 is 0 Å². The molecule has 1 rings (SSSR count). The van der Waals surface area contributed by atoms with Crippen LogP contribution in [0.1, 0.15) is 10.4 Å². The third kappa shape index (κ3) is 3.98. The Labute approximate surface area is 120 Å². The van der Waals surface area contributed by atoms with Gasteiger partial charge in [0.1, 0.15) is 30.3 Å². The normalized spacial score (nSPS) is 10.2. The van der Waals surface area contributed by atoms with E-state index < -0.39 is 48.0 Å². The van der Waals surface area contributed by atoms with Gasteiger partial charge in [-0.05, 0) is 12.1 Å². The fourth-order valence-electron chi connectivity index (χ4n) is 1.48. The van der Waals surface area contributed by atoms with E-state index in [2.05, 4.69) is 15.9 Å². The molecule has 0 aliphatic heterocycles. The van der Waals surface area contributed by atoms with Crippen molar-refractivity contribution in [3.05, 3.63) is 33.8 Å². The van der Waals surface area contributed by atoms with Crippen molar-refractivity contribution in [3.63, 3.8) is 0 Å². The van der Waals surface area contributed by atoms with Gasteiger partial charge in [-0.3, -0.25) is 14.4 Å². The van der Waals surface area contributed by atoms with E-state index in [1.54, 1.807) is 0 Å². The molecular weight excluding hydrogens is 340 g/mol. The maximum absolute atomic E-state index is 13.6. The van der Waals surface area contributed by atoms with Crippen LogP contribution in [0.5, 0.6) is 0 Å². The summed E-state index contributed by atoms with van der Waals surface area (Å²) in [5.74, 6) is -5.36. The van der Waals surface area contributed by atoms with Crippen molar-refractivity contribution in [1.82, 2.24) is 4.90 Å². The second kappa shape index (κ2) is 6.42. The average Bonchev–Trinajstić information content (AvgIpc) is 2.24. The fourth-order valence-corrected chi connectivity index (χ4v) is 1.88. The Kier molecular flexibility index (Phi) is 5.14. The summed E-state index contributed by atoms with van der Waals surface area (Å²) in [5.41, 5.74) is 8.92. The third-order valence-electron chi connectivity index (χ3n) is 2.20. The quantitative estimate of drug-likeness (QED) is 0.789. The third-order valence-corrected chi connectivity index (χ3v) is 2.66. The van der Waals surface area contributed by atoms with Crippen molar-refractivity contribution < 1.29 is 23.2 Å². The van der Waals surface area contributed by atoms with Crippen LogP contribution in [-0.2, 0) is 9.59 Å². The minimum atomic E-state index is -1.19. The van der Waals surface area contributed by atoms with Crippen LogP contribution in [-0.4, -0.2) is 35.7 Å². The van der Waals surface area contributed by atoms with E-state index in [-0.39, 0.29) is 4.47 Å². The number of hydrogen-bond acceptors (Lipinski definition) is 3. The number of nitrogens with zero attached hydrogens (tertiary/aromatic N) is 1. The average molecular weight is 350 g/mol. The highest BCUT2D eigenvalue weighted by molar-refractivity contribution is 9.10. The van der Waals surface area contributed by atoms with Crippen molar-refractivity contribution >= 4 is 33.7 Å². The predicted octanol–water partition coefficient (Wildman–Crippen LogP) is 0.140. The predicted molar refractivity (Wildman–Crippen MR) is 68.4 cm³/mol. The van der Waals surface area contributed by atoms with Crippen molar-refractivity contribution in [1.29, 1.82) is 0 Å². The molecule has 0 atom stereocenters. The molecule has 20 heavy (non-hydrogen) atoms. The number of benzene rings is 1. The van der Waals surface area contributed by atoms with Gasteiger partial charge in [-0.2, -0.15) is 0 Å². The maximum atomic E-state index is 13.6. The zero-order valence-electron chi connectivity index (χ0n) is 10.0. The summed E-state index contributed by atoms with van der Waals surface area (Å²) in [6.07, 6.45) is 0. The lowest BCUT2D eigenvalue weighted by Gasteiger charge is -2.20. The molecule has 0 aromatic heterocycles. The molecule has 1 aromatic rings. The lowest BCUT2D eigenvalue weighted by Crippen LogP contribution is -2.43. The summed E-state index contributed by atoms with van der Waals surface area (Å²) >= 11 is 2.86. The first-order chi connectivity index (χ1) is 9.22. The number of nitrogens with two attached hydrogens (primary N) is 2. The summed E-state index contributed by atoms with van der Waals surface area (Å²) in [6.45, 7) is -1.37. The topological polar surface area (TPSA) is 106 Å². The van der Waals surface area contributed by atoms with Gasteiger partial charge < -0.3 is 16.4 Å². The van der Waals surface area contributed by atoms with Gasteiger partial charge in [-0.15, -0.1) is 0 Å². The van der Waals surface area contributed by atoms with Crippen LogP contribution in [0.15, 0.2) is 16.6 Å². The molecule has 3 amide bonds. The molecule has 108 valence electrons. The molecule has 0 unspecified atom stereocenters. The Balaban J connectivity index is 3.18. The number of carbonyl (C=O) groups excluding carboxylic acids is 3. The van der Waals surface area contributed by atoms with Gasteiger partial charge in [-0.25, -0.2) is 8.78 Å². The first-order valence-electron chi connectivity index (χ1n) is 5.22. The Morgan fingerprint density at radius 2 is 1.45 bits per heavy atom. The molecule has 0 saturated carbocycles. The molecule has 6 nitrogen and oxygen atoms in total. The van der Waals surface area contributed by atoms with E-state index in [1.165, 1.54) is 0 Å². The van der Waals surface area contributed by atoms with Crippen molar-refractivity contribution in [2.24, 2.45) is 11.5 Å². The molecule has 0 aliphatic rings. The van der Waals surface area contributed by atoms with Crippen LogP contribution in [0.2, 0.25) is 0 Å². The minimum Gasteiger partial charge on any atom is -0.368 e. The van der Waals surface area contributed by atoms with Gasteiger partial charge >= 0.3 is 0 Å². The van der Waals surface area contributed by atoms with E-state index in [0.29, 0.717) is 4.90 Å². The van der Waals surface area contributed by atoms with Gasteiger partial charge in [0.25, 0.3) is 5.91 Å². The van der Waals surface area contributed by atoms with E-state index in [0.717, 1.165) is 12.1 Å². The molecule has 0 bridgehead atoms. The maximum Gasteiger partial charge on any atom is 0.260 e. The fraction of sp³-hybridized carbons (Fsp3) is 0.182. The first-order valence-corrected chi connectivity index (χ1v) is 6.02. The Hall–Kier alpha value is -2.03. The van der Waals surface area contributed by atoms with Crippen LogP contribution in [0.25, 0.3) is 0 Å². The largest absolute Gasteiger partial charge is 0.368 e. The summed E-state index contributed by atoms with van der Waals surface area (Å²) in [7, 11) is 0. The van der Waals surface area contributed by atoms with Crippen molar-refractivity contribution in [2.45, 2.75) is 0 Å². The molecule has 9 heteroatoms. The number of carbonyl (C=O) groups is 3. The first kappa shape index (κ1) is 16.0. The molecule has 0 aliphatic carbocycles. The number of halogens is 3. The van der Waals surface area contributed by atoms with Gasteiger partial charge in [0.05, 0.1) is 0 Å².